The first-order chi connectivity index (χ1) is 10.2. The third kappa shape index (κ3) is 2.46. The van der Waals surface area contributed by atoms with E-state index in [4.69, 9.17) is 4.74 Å². The maximum absolute atomic E-state index is 12.7. The molecular formula is C16H16N2O3. The predicted octanol–water partition coefficient (Wildman–Crippen LogP) is 1.87. The summed E-state index contributed by atoms with van der Waals surface area (Å²) in [6, 6.07) is 9.29. The Kier molecular flexibility index (Phi) is 3.56. The van der Waals surface area contributed by atoms with Crippen LogP contribution in [0.3, 0.4) is 0 Å². The average Bonchev–Trinajstić information content (AvgIpc) is 3.03. The number of carbonyl (C=O) groups is 2. The fourth-order valence-electron chi connectivity index (χ4n) is 2.76. The molecule has 1 atom stereocenters. The van der Waals surface area contributed by atoms with Crippen molar-refractivity contribution in [2.75, 3.05) is 20.2 Å². The number of pyridine rings is 1. The van der Waals surface area contributed by atoms with Crippen molar-refractivity contribution in [2.24, 2.45) is 5.92 Å². The fourth-order valence-corrected chi connectivity index (χ4v) is 2.76. The highest BCUT2D eigenvalue weighted by atomic mass is 16.5. The van der Waals surface area contributed by atoms with Crippen LogP contribution >= 0.6 is 0 Å². The summed E-state index contributed by atoms with van der Waals surface area (Å²) in [5.74, 6) is -0.517. The van der Waals surface area contributed by atoms with Gasteiger partial charge in [-0.15, -0.1) is 0 Å². The summed E-state index contributed by atoms with van der Waals surface area (Å²) in [6.45, 7) is 0.997. The molecule has 1 aromatic heterocycles. The summed E-state index contributed by atoms with van der Waals surface area (Å²) in [5.41, 5.74) is 1.43. The van der Waals surface area contributed by atoms with Crippen molar-refractivity contribution in [3.8, 4) is 0 Å². The first-order valence-corrected chi connectivity index (χ1v) is 6.91. The van der Waals surface area contributed by atoms with Crippen molar-refractivity contribution in [2.45, 2.75) is 6.42 Å². The van der Waals surface area contributed by atoms with Crippen LogP contribution in [0.5, 0.6) is 0 Å². The minimum absolute atomic E-state index is 0.0556. The molecule has 2 heterocycles. The number of nitrogens with zero attached hydrogens (tertiary/aromatic N) is 2. The Balaban J connectivity index is 1.87. The zero-order valence-corrected chi connectivity index (χ0v) is 11.8. The maximum atomic E-state index is 12.7. The van der Waals surface area contributed by atoms with Crippen molar-refractivity contribution >= 4 is 22.8 Å². The Labute approximate surface area is 122 Å². The van der Waals surface area contributed by atoms with Crippen LogP contribution < -0.4 is 0 Å². The van der Waals surface area contributed by atoms with Crippen LogP contribution in [0.15, 0.2) is 36.5 Å². The minimum Gasteiger partial charge on any atom is -0.469 e. The number of hydrogen-bond donors (Lipinski definition) is 0. The molecule has 1 amide bonds. The van der Waals surface area contributed by atoms with E-state index >= 15 is 0 Å². The van der Waals surface area contributed by atoms with E-state index in [1.54, 1.807) is 17.2 Å². The SMILES string of the molecule is COC(=O)C1CCN(C(=O)c2ccnc3ccccc23)C1. The van der Waals surface area contributed by atoms with Crippen LogP contribution in [0, 0.1) is 5.92 Å². The van der Waals surface area contributed by atoms with Gasteiger partial charge in [-0.3, -0.25) is 14.6 Å². The Hall–Kier alpha value is -2.43. The van der Waals surface area contributed by atoms with Gasteiger partial charge in [0.15, 0.2) is 0 Å². The van der Waals surface area contributed by atoms with Gasteiger partial charge in [-0.2, -0.15) is 0 Å². The van der Waals surface area contributed by atoms with E-state index in [0.29, 0.717) is 25.1 Å². The van der Waals surface area contributed by atoms with Crippen molar-refractivity contribution in [3.63, 3.8) is 0 Å². The Morgan fingerprint density at radius 1 is 1.29 bits per heavy atom. The number of para-hydroxylation sites is 1. The Morgan fingerprint density at radius 2 is 2.10 bits per heavy atom. The molecule has 2 aromatic rings. The van der Waals surface area contributed by atoms with Crippen molar-refractivity contribution < 1.29 is 14.3 Å². The fraction of sp³-hybridized carbons (Fsp3) is 0.312. The largest absolute Gasteiger partial charge is 0.469 e. The minimum atomic E-state index is -0.245. The van der Waals surface area contributed by atoms with Crippen LogP contribution in [-0.4, -0.2) is 42.0 Å². The number of likely N-dealkylation sites (tertiary alicyclic amines) is 1. The third-order valence-corrected chi connectivity index (χ3v) is 3.89. The molecule has 1 unspecified atom stereocenters. The molecular weight excluding hydrogens is 268 g/mol. The molecule has 1 fully saturated rings. The summed E-state index contributed by atoms with van der Waals surface area (Å²) >= 11 is 0. The number of esters is 1. The number of amides is 1. The van der Waals surface area contributed by atoms with Gasteiger partial charge >= 0.3 is 5.97 Å². The molecule has 1 aliphatic rings. The third-order valence-electron chi connectivity index (χ3n) is 3.89. The molecule has 5 nitrogen and oxygen atoms in total. The predicted molar refractivity (Wildman–Crippen MR) is 77.8 cm³/mol. The summed E-state index contributed by atoms with van der Waals surface area (Å²) in [4.78, 5) is 30.2. The molecule has 1 aromatic carbocycles. The highest BCUT2D eigenvalue weighted by molar-refractivity contribution is 6.06. The standard InChI is InChI=1S/C16H16N2O3/c1-21-16(20)11-7-9-18(10-11)15(19)13-6-8-17-14-5-3-2-4-12(13)14/h2-6,8,11H,7,9-10H2,1H3. The van der Waals surface area contributed by atoms with E-state index in [9.17, 15) is 9.59 Å². The zero-order chi connectivity index (χ0) is 14.8. The lowest BCUT2D eigenvalue weighted by molar-refractivity contribution is -0.144. The lowest BCUT2D eigenvalue weighted by Gasteiger charge is -2.17. The summed E-state index contributed by atoms with van der Waals surface area (Å²) in [5, 5.41) is 0.839. The molecule has 0 N–H and O–H groups in total. The van der Waals surface area contributed by atoms with E-state index < -0.39 is 0 Å². The zero-order valence-electron chi connectivity index (χ0n) is 11.8. The smallest absolute Gasteiger partial charge is 0.310 e. The number of methoxy groups -OCH3 is 1. The molecule has 108 valence electrons. The monoisotopic (exact) mass is 284 g/mol. The van der Waals surface area contributed by atoms with E-state index in [1.165, 1.54) is 7.11 Å². The van der Waals surface area contributed by atoms with Crippen LogP contribution in [-0.2, 0) is 9.53 Å². The normalized spacial score (nSPS) is 18.0. The summed E-state index contributed by atoms with van der Waals surface area (Å²) < 4.78 is 4.75. The topological polar surface area (TPSA) is 59.5 Å². The molecule has 0 aliphatic carbocycles. The van der Waals surface area contributed by atoms with Gasteiger partial charge in [-0.05, 0) is 18.6 Å². The molecule has 5 heteroatoms. The molecule has 1 aliphatic heterocycles. The second-order valence-electron chi connectivity index (χ2n) is 5.14. The second-order valence-corrected chi connectivity index (χ2v) is 5.14. The lowest BCUT2D eigenvalue weighted by Crippen LogP contribution is -2.30. The van der Waals surface area contributed by atoms with Gasteiger partial charge in [0.2, 0.25) is 0 Å². The average molecular weight is 284 g/mol. The first-order valence-electron chi connectivity index (χ1n) is 6.91. The van der Waals surface area contributed by atoms with Gasteiger partial charge in [0.25, 0.3) is 5.91 Å². The number of rotatable bonds is 2. The number of ether oxygens (including phenoxy) is 1. The highest BCUT2D eigenvalue weighted by Crippen LogP contribution is 2.23. The first kappa shape index (κ1) is 13.5. The van der Waals surface area contributed by atoms with Crippen LogP contribution in [0.2, 0.25) is 0 Å². The van der Waals surface area contributed by atoms with Gasteiger partial charge in [0.1, 0.15) is 0 Å². The highest BCUT2D eigenvalue weighted by Gasteiger charge is 2.32. The number of carbonyl (C=O) groups excluding carboxylic acids is 2. The molecule has 0 bridgehead atoms. The number of aromatic nitrogens is 1. The van der Waals surface area contributed by atoms with Gasteiger partial charge in [0.05, 0.1) is 24.1 Å². The van der Waals surface area contributed by atoms with Gasteiger partial charge in [0, 0.05) is 24.7 Å². The second kappa shape index (κ2) is 5.52. The molecule has 0 saturated carbocycles. The number of hydrogen-bond acceptors (Lipinski definition) is 4. The molecule has 0 radical (unpaired) electrons. The number of benzene rings is 1. The number of fused-ring (bicyclic) bond motifs is 1. The van der Waals surface area contributed by atoms with E-state index in [-0.39, 0.29) is 17.8 Å². The van der Waals surface area contributed by atoms with Crippen molar-refractivity contribution in [1.82, 2.24) is 9.88 Å². The molecule has 21 heavy (non-hydrogen) atoms. The van der Waals surface area contributed by atoms with Crippen molar-refractivity contribution in [3.05, 3.63) is 42.1 Å². The molecule has 3 rings (SSSR count). The quantitative estimate of drug-likeness (QED) is 0.790. The van der Waals surface area contributed by atoms with E-state index in [1.807, 2.05) is 24.3 Å². The molecule has 1 saturated heterocycles. The van der Waals surface area contributed by atoms with E-state index in [2.05, 4.69) is 4.98 Å². The summed E-state index contributed by atoms with van der Waals surface area (Å²) in [7, 11) is 1.38. The molecule has 0 spiro atoms. The Morgan fingerprint density at radius 3 is 2.90 bits per heavy atom. The van der Waals surface area contributed by atoms with E-state index in [0.717, 1.165) is 10.9 Å². The van der Waals surface area contributed by atoms with Crippen molar-refractivity contribution in [1.29, 1.82) is 0 Å². The maximum Gasteiger partial charge on any atom is 0.310 e. The van der Waals surface area contributed by atoms with Gasteiger partial charge in [-0.25, -0.2) is 0 Å². The van der Waals surface area contributed by atoms with Crippen LogP contribution in [0.1, 0.15) is 16.8 Å². The lowest BCUT2D eigenvalue weighted by atomic mass is 10.1. The Bertz CT molecular complexity index is 693. The van der Waals surface area contributed by atoms with Gasteiger partial charge < -0.3 is 9.64 Å². The summed E-state index contributed by atoms with van der Waals surface area (Å²) in [6.07, 6.45) is 2.30. The van der Waals surface area contributed by atoms with Crippen LogP contribution in [0.4, 0.5) is 0 Å². The van der Waals surface area contributed by atoms with Gasteiger partial charge in [-0.1, -0.05) is 18.2 Å². The van der Waals surface area contributed by atoms with Crippen LogP contribution in [0.25, 0.3) is 10.9 Å².